The van der Waals surface area contributed by atoms with Crippen molar-refractivity contribution in [3.8, 4) is 22.8 Å². The summed E-state index contributed by atoms with van der Waals surface area (Å²) in [6.45, 7) is 1.64. The average molecular weight is 447 g/mol. The lowest BCUT2D eigenvalue weighted by atomic mass is 10.0. The van der Waals surface area contributed by atoms with Gasteiger partial charge in [0.05, 0.1) is 38.2 Å². The van der Waals surface area contributed by atoms with Crippen LogP contribution in [-0.2, 0) is 11.3 Å². The Balaban J connectivity index is 1.58. The van der Waals surface area contributed by atoms with Crippen LogP contribution in [0.5, 0.6) is 11.5 Å². The number of nitrogens with zero attached hydrogens (tertiary/aromatic N) is 2. The van der Waals surface area contributed by atoms with Crippen molar-refractivity contribution in [3.63, 3.8) is 0 Å². The minimum Gasteiger partial charge on any atom is -0.497 e. The molecule has 6 heteroatoms. The van der Waals surface area contributed by atoms with Crippen molar-refractivity contribution in [1.29, 1.82) is 0 Å². The molecule has 32 heavy (non-hydrogen) atoms. The number of benzene rings is 3. The Morgan fingerprint density at radius 1 is 0.969 bits per heavy atom. The lowest BCUT2D eigenvalue weighted by Crippen LogP contribution is -2.24. The molecule has 0 amide bonds. The monoisotopic (exact) mass is 446 g/mol. The lowest BCUT2D eigenvalue weighted by molar-refractivity contribution is 0.0968. The van der Waals surface area contributed by atoms with E-state index in [1.165, 1.54) is 10.9 Å². The molecule has 5 nitrogen and oxygen atoms in total. The molecule has 0 bridgehead atoms. The van der Waals surface area contributed by atoms with E-state index in [-0.39, 0.29) is 6.10 Å². The van der Waals surface area contributed by atoms with Crippen molar-refractivity contribution in [2.75, 3.05) is 20.8 Å². The summed E-state index contributed by atoms with van der Waals surface area (Å²) < 4.78 is 18.9. The molecule has 0 N–H and O–H groups in total. The third-order valence-corrected chi connectivity index (χ3v) is 6.71. The van der Waals surface area contributed by atoms with Gasteiger partial charge < -0.3 is 18.8 Å². The van der Waals surface area contributed by atoms with Crippen molar-refractivity contribution >= 4 is 27.8 Å². The van der Waals surface area contributed by atoms with Gasteiger partial charge in [-0.2, -0.15) is 0 Å². The zero-order valence-corrected chi connectivity index (χ0v) is 19.1. The molecule has 1 saturated heterocycles. The van der Waals surface area contributed by atoms with Crippen LogP contribution in [0.4, 0.5) is 5.69 Å². The minimum absolute atomic E-state index is 0.225. The quantitative estimate of drug-likeness (QED) is 0.376. The Labute approximate surface area is 191 Å². The normalized spacial score (nSPS) is 16.6. The largest absolute Gasteiger partial charge is 0.497 e. The SMILES string of the molecule is COc1ccc(N=c2scc(-c3ccc4cc(OC)ccc4c3)n2CC2CCCO2)cc1. The standard InChI is InChI=1S/C26H26N2O3S/c1-29-22-11-8-21(9-12-22)27-26-28(16-24-4-3-13-31-24)25(17-32-26)20-6-5-19-15-23(30-2)10-7-18(19)14-20/h5-12,14-15,17,24H,3-4,13,16H2,1-2H3. The highest BCUT2D eigenvalue weighted by molar-refractivity contribution is 7.07. The molecule has 2 heterocycles. The average Bonchev–Trinajstić information content (AvgIpc) is 3.49. The maximum absolute atomic E-state index is 5.96. The summed E-state index contributed by atoms with van der Waals surface area (Å²) in [7, 11) is 3.37. The molecule has 1 aromatic heterocycles. The summed E-state index contributed by atoms with van der Waals surface area (Å²) >= 11 is 1.66. The Hall–Kier alpha value is -3.09. The van der Waals surface area contributed by atoms with Gasteiger partial charge in [-0.3, -0.25) is 0 Å². The predicted molar refractivity (Wildman–Crippen MR) is 129 cm³/mol. The summed E-state index contributed by atoms with van der Waals surface area (Å²) in [5, 5.41) is 4.55. The van der Waals surface area contributed by atoms with Gasteiger partial charge in [0, 0.05) is 12.0 Å². The predicted octanol–water partition coefficient (Wildman–Crippen LogP) is 5.80. The van der Waals surface area contributed by atoms with Crippen LogP contribution in [0, 0.1) is 0 Å². The molecule has 3 aromatic carbocycles. The maximum atomic E-state index is 5.96. The van der Waals surface area contributed by atoms with E-state index in [1.807, 2.05) is 30.3 Å². The van der Waals surface area contributed by atoms with E-state index in [0.29, 0.717) is 0 Å². The smallest absolute Gasteiger partial charge is 0.190 e. The Morgan fingerprint density at radius 3 is 2.47 bits per heavy atom. The van der Waals surface area contributed by atoms with E-state index in [4.69, 9.17) is 19.2 Å². The summed E-state index contributed by atoms with van der Waals surface area (Å²) in [6, 6.07) is 20.6. The molecule has 0 radical (unpaired) electrons. The Kier molecular flexibility index (Phi) is 5.97. The van der Waals surface area contributed by atoms with Crippen LogP contribution in [0.15, 0.2) is 71.0 Å². The summed E-state index contributed by atoms with van der Waals surface area (Å²) in [4.78, 5) is 5.91. The highest BCUT2D eigenvalue weighted by Gasteiger charge is 2.19. The van der Waals surface area contributed by atoms with E-state index in [9.17, 15) is 0 Å². The summed E-state index contributed by atoms with van der Waals surface area (Å²) in [5.74, 6) is 1.70. The van der Waals surface area contributed by atoms with Crippen molar-refractivity contribution in [2.45, 2.75) is 25.5 Å². The van der Waals surface area contributed by atoms with Gasteiger partial charge in [0.1, 0.15) is 11.5 Å². The molecule has 1 aliphatic heterocycles. The van der Waals surface area contributed by atoms with E-state index >= 15 is 0 Å². The number of methoxy groups -OCH3 is 2. The minimum atomic E-state index is 0.225. The van der Waals surface area contributed by atoms with Crippen LogP contribution in [0.25, 0.3) is 22.0 Å². The van der Waals surface area contributed by atoms with E-state index in [0.717, 1.165) is 59.1 Å². The molecular weight excluding hydrogens is 420 g/mol. The molecule has 4 aromatic rings. The molecule has 5 rings (SSSR count). The van der Waals surface area contributed by atoms with Crippen LogP contribution in [0.1, 0.15) is 12.8 Å². The van der Waals surface area contributed by atoms with Gasteiger partial charge in [-0.25, -0.2) is 4.99 Å². The van der Waals surface area contributed by atoms with Crippen molar-refractivity contribution in [3.05, 3.63) is 70.8 Å². The second-order valence-electron chi connectivity index (χ2n) is 7.89. The highest BCUT2D eigenvalue weighted by Crippen LogP contribution is 2.29. The fraction of sp³-hybridized carbons (Fsp3) is 0.269. The molecule has 1 fully saturated rings. The van der Waals surface area contributed by atoms with Crippen LogP contribution in [0.2, 0.25) is 0 Å². The van der Waals surface area contributed by atoms with Gasteiger partial charge in [0.2, 0.25) is 0 Å². The van der Waals surface area contributed by atoms with Gasteiger partial charge >= 0.3 is 0 Å². The molecule has 0 aliphatic carbocycles. The van der Waals surface area contributed by atoms with Gasteiger partial charge in [0.15, 0.2) is 4.80 Å². The third kappa shape index (κ3) is 4.29. The number of ether oxygens (including phenoxy) is 3. The van der Waals surface area contributed by atoms with E-state index in [2.05, 4.69) is 40.3 Å². The fourth-order valence-electron chi connectivity index (χ4n) is 4.10. The van der Waals surface area contributed by atoms with Crippen molar-refractivity contribution in [1.82, 2.24) is 4.57 Å². The second kappa shape index (κ2) is 9.18. The Bertz CT molecular complexity index is 1280. The number of hydrogen-bond acceptors (Lipinski definition) is 5. The highest BCUT2D eigenvalue weighted by atomic mass is 32.1. The van der Waals surface area contributed by atoms with Crippen LogP contribution in [-0.4, -0.2) is 31.5 Å². The van der Waals surface area contributed by atoms with Gasteiger partial charge in [-0.1, -0.05) is 18.2 Å². The first kappa shape index (κ1) is 20.8. The number of fused-ring (bicyclic) bond motifs is 1. The van der Waals surface area contributed by atoms with Crippen LogP contribution in [0.3, 0.4) is 0 Å². The Morgan fingerprint density at radius 2 is 1.72 bits per heavy atom. The van der Waals surface area contributed by atoms with Gasteiger partial charge in [-0.05, 0) is 71.6 Å². The van der Waals surface area contributed by atoms with Gasteiger partial charge in [0.25, 0.3) is 0 Å². The maximum Gasteiger partial charge on any atom is 0.190 e. The first-order valence-electron chi connectivity index (χ1n) is 10.8. The molecule has 164 valence electrons. The molecular formula is C26H26N2O3S. The second-order valence-corrected chi connectivity index (χ2v) is 8.72. The summed E-state index contributed by atoms with van der Waals surface area (Å²) in [6.07, 6.45) is 2.43. The van der Waals surface area contributed by atoms with E-state index < -0.39 is 0 Å². The van der Waals surface area contributed by atoms with E-state index in [1.54, 1.807) is 25.6 Å². The molecule has 0 saturated carbocycles. The summed E-state index contributed by atoms with van der Waals surface area (Å²) in [5.41, 5.74) is 3.24. The number of hydrogen-bond donors (Lipinski definition) is 0. The first-order valence-corrected chi connectivity index (χ1v) is 11.7. The number of aromatic nitrogens is 1. The third-order valence-electron chi connectivity index (χ3n) is 5.85. The molecule has 1 atom stereocenters. The van der Waals surface area contributed by atoms with Crippen LogP contribution < -0.4 is 14.3 Å². The number of thiazole rings is 1. The van der Waals surface area contributed by atoms with Crippen molar-refractivity contribution in [2.24, 2.45) is 4.99 Å². The topological polar surface area (TPSA) is 45.0 Å². The van der Waals surface area contributed by atoms with Crippen molar-refractivity contribution < 1.29 is 14.2 Å². The number of rotatable bonds is 6. The van der Waals surface area contributed by atoms with Gasteiger partial charge in [-0.15, -0.1) is 11.3 Å². The molecule has 1 unspecified atom stereocenters. The molecule has 1 aliphatic rings. The zero-order chi connectivity index (χ0) is 21.9. The zero-order valence-electron chi connectivity index (χ0n) is 18.3. The first-order chi connectivity index (χ1) is 15.7. The molecule has 0 spiro atoms. The lowest BCUT2D eigenvalue weighted by Gasteiger charge is -2.14. The fourth-order valence-corrected chi connectivity index (χ4v) is 5.03. The van der Waals surface area contributed by atoms with Crippen LogP contribution >= 0.6 is 11.3 Å².